The normalized spacial score (nSPS) is 21.8. The number of rotatable bonds is 8. The Morgan fingerprint density at radius 3 is 2.50 bits per heavy atom. The van der Waals surface area contributed by atoms with E-state index in [2.05, 4.69) is 32.6 Å². The van der Waals surface area contributed by atoms with Crippen molar-refractivity contribution in [2.45, 2.75) is 65.5 Å². The fourth-order valence-electron chi connectivity index (χ4n) is 3.98. The standard InChI is InChI=1S/C21H32ClNO3/c1-6-23(7-2)18-12-21(4,5)13-19(18)26-16-9-10-17(15(11-16)14-22)20(24)25-8-3/h9-11,18-19H,6-8,12-14H2,1-5H3. The van der Waals surface area contributed by atoms with Gasteiger partial charge < -0.3 is 9.47 Å². The maximum atomic E-state index is 12.1. The first-order valence-corrected chi connectivity index (χ1v) is 10.1. The second-order valence-corrected chi connectivity index (χ2v) is 7.96. The lowest BCUT2D eigenvalue weighted by atomic mass is 9.91. The lowest BCUT2D eigenvalue weighted by Gasteiger charge is -2.31. The molecule has 1 aliphatic carbocycles. The smallest absolute Gasteiger partial charge is 0.338 e. The summed E-state index contributed by atoms with van der Waals surface area (Å²) in [6.45, 7) is 13.2. The van der Waals surface area contributed by atoms with Crippen LogP contribution in [0, 0.1) is 5.41 Å². The van der Waals surface area contributed by atoms with Gasteiger partial charge in [-0.3, -0.25) is 4.90 Å². The minimum absolute atomic E-state index is 0.140. The van der Waals surface area contributed by atoms with E-state index >= 15 is 0 Å². The summed E-state index contributed by atoms with van der Waals surface area (Å²) < 4.78 is 11.5. The second kappa shape index (κ2) is 9.09. The van der Waals surface area contributed by atoms with Gasteiger partial charge in [0.05, 0.1) is 12.2 Å². The molecule has 2 unspecified atom stereocenters. The summed E-state index contributed by atoms with van der Waals surface area (Å²) in [7, 11) is 0. The van der Waals surface area contributed by atoms with Gasteiger partial charge in [0, 0.05) is 11.9 Å². The van der Waals surface area contributed by atoms with Gasteiger partial charge in [0.25, 0.3) is 0 Å². The van der Waals surface area contributed by atoms with E-state index in [1.165, 1.54) is 0 Å². The van der Waals surface area contributed by atoms with E-state index in [0.717, 1.165) is 37.2 Å². The van der Waals surface area contributed by atoms with E-state index in [-0.39, 0.29) is 23.4 Å². The van der Waals surface area contributed by atoms with Crippen LogP contribution >= 0.6 is 11.6 Å². The summed E-state index contributed by atoms with van der Waals surface area (Å²) in [5.41, 5.74) is 1.53. The minimum atomic E-state index is -0.335. The first-order chi connectivity index (χ1) is 12.3. The molecule has 0 N–H and O–H groups in total. The average molecular weight is 382 g/mol. The lowest BCUT2D eigenvalue weighted by Crippen LogP contribution is -2.42. The number of carbonyl (C=O) groups excluding carboxylic acids is 1. The molecule has 1 aliphatic rings. The molecule has 2 rings (SSSR count). The van der Waals surface area contributed by atoms with E-state index in [1.54, 1.807) is 13.0 Å². The van der Waals surface area contributed by atoms with Crippen molar-refractivity contribution in [3.63, 3.8) is 0 Å². The number of ether oxygens (including phenoxy) is 2. The fourth-order valence-corrected chi connectivity index (χ4v) is 4.20. The van der Waals surface area contributed by atoms with Crippen LogP contribution in [0.5, 0.6) is 5.75 Å². The van der Waals surface area contributed by atoms with E-state index in [0.29, 0.717) is 18.2 Å². The van der Waals surface area contributed by atoms with Crippen molar-refractivity contribution in [2.75, 3.05) is 19.7 Å². The Bertz CT molecular complexity index is 613. The number of halogens is 1. The maximum Gasteiger partial charge on any atom is 0.338 e. The number of hydrogen-bond acceptors (Lipinski definition) is 4. The summed E-state index contributed by atoms with van der Waals surface area (Å²) in [5.74, 6) is 0.687. The van der Waals surface area contributed by atoms with Crippen LogP contribution in [-0.2, 0) is 10.6 Å². The molecule has 5 heteroatoms. The molecule has 0 amide bonds. The molecule has 0 radical (unpaired) electrons. The number of alkyl halides is 1. The highest BCUT2D eigenvalue weighted by atomic mass is 35.5. The van der Waals surface area contributed by atoms with Crippen LogP contribution < -0.4 is 4.74 Å². The van der Waals surface area contributed by atoms with Gasteiger partial charge in [-0.25, -0.2) is 4.79 Å². The number of esters is 1. The Morgan fingerprint density at radius 1 is 1.23 bits per heavy atom. The topological polar surface area (TPSA) is 38.8 Å². The van der Waals surface area contributed by atoms with Crippen LogP contribution in [0.15, 0.2) is 18.2 Å². The number of likely N-dealkylation sites (N-methyl/N-ethyl adjacent to an activating group) is 1. The predicted molar refractivity (Wildman–Crippen MR) is 106 cm³/mol. The highest BCUT2D eigenvalue weighted by Gasteiger charge is 2.42. The molecule has 1 aromatic rings. The third-order valence-corrected chi connectivity index (χ3v) is 5.52. The maximum absolute atomic E-state index is 12.1. The highest BCUT2D eigenvalue weighted by molar-refractivity contribution is 6.17. The predicted octanol–water partition coefficient (Wildman–Crippen LogP) is 4.88. The summed E-state index contributed by atoms with van der Waals surface area (Å²) >= 11 is 6.06. The third kappa shape index (κ3) is 4.92. The molecule has 26 heavy (non-hydrogen) atoms. The van der Waals surface area contributed by atoms with Crippen LogP contribution in [0.1, 0.15) is 63.4 Å². The van der Waals surface area contributed by atoms with Crippen molar-refractivity contribution in [1.29, 1.82) is 0 Å². The van der Waals surface area contributed by atoms with Gasteiger partial charge in [-0.1, -0.05) is 27.7 Å². The van der Waals surface area contributed by atoms with Gasteiger partial charge in [0.15, 0.2) is 0 Å². The van der Waals surface area contributed by atoms with Gasteiger partial charge in [0.1, 0.15) is 11.9 Å². The highest BCUT2D eigenvalue weighted by Crippen LogP contribution is 2.41. The Kier molecular flexibility index (Phi) is 7.36. The largest absolute Gasteiger partial charge is 0.489 e. The fraction of sp³-hybridized carbons (Fsp3) is 0.667. The number of benzene rings is 1. The molecule has 4 nitrogen and oxygen atoms in total. The van der Waals surface area contributed by atoms with Gasteiger partial charge >= 0.3 is 5.97 Å². The van der Waals surface area contributed by atoms with Crippen molar-refractivity contribution in [1.82, 2.24) is 4.90 Å². The van der Waals surface area contributed by atoms with Crippen molar-refractivity contribution >= 4 is 17.6 Å². The monoisotopic (exact) mass is 381 g/mol. The van der Waals surface area contributed by atoms with Crippen molar-refractivity contribution in [3.8, 4) is 5.75 Å². The first kappa shape index (κ1) is 21.0. The zero-order chi connectivity index (χ0) is 19.3. The van der Waals surface area contributed by atoms with Crippen LogP contribution in [-0.4, -0.2) is 42.7 Å². The van der Waals surface area contributed by atoms with Crippen LogP contribution in [0.3, 0.4) is 0 Å². The lowest BCUT2D eigenvalue weighted by molar-refractivity contribution is 0.0525. The van der Waals surface area contributed by atoms with Gasteiger partial charge in [-0.15, -0.1) is 11.6 Å². The van der Waals surface area contributed by atoms with Gasteiger partial charge in [-0.2, -0.15) is 0 Å². The number of carbonyl (C=O) groups is 1. The first-order valence-electron chi connectivity index (χ1n) is 9.61. The molecular weight excluding hydrogens is 350 g/mol. The van der Waals surface area contributed by atoms with Gasteiger partial charge in [0.2, 0.25) is 0 Å². The Morgan fingerprint density at radius 2 is 1.92 bits per heavy atom. The summed E-state index contributed by atoms with van der Waals surface area (Å²) in [6, 6.07) is 5.90. The van der Waals surface area contributed by atoms with E-state index in [4.69, 9.17) is 21.1 Å². The van der Waals surface area contributed by atoms with E-state index < -0.39 is 0 Å². The number of nitrogens with zero attached hydrogens (tertiary/aromatic N) is 1. The quantitative estimate of drug-likeness (QED) is 0.475. The van der Waals surface area contributed by atoms with E-state index in [1.807, 2.05) is 12.1 Å². The van der Waals surface area contributed by atoms with Gasteiger partial charge in [-0.05, 0) is 62.0 Å². The molecule has 0 saturated heterocycles. The molecule has 146 valence electrons. The second-order valence-electron chi connectivity index (χ2n) is 7.69. The molecule has 1 saturated carbocycles. The Hall–Kier alpha value is -1.26. The van der Waals surface area contributed by atoms with Crippen LogP contribution in [0.25, 0.3) is 0 Å². The Balaban J connectivity index is 2.21. The van der Waals surface area contributed by atoms with Crippen LogP contribution in [0.2, 0.25) is 0 Å². The zero-order valence-corrected chi connectivity index (χ0v) is 17.4. The van der Waals surface area contributed by atoms with Crippen molar-refractivity contribution in [2.24, 2.45) is 5.41 Å². The SMILES string of the molecule is CCOC(=O)c1ccc(OC2CC(C)(C)CC2N(CC)CC)cc1CCl. The molecule has 1 aromatic carbocycles. The summed E-state index contributed by atoms with van der Waals surface area (Å²) in [6.07, 6.45) is 2.29. The van der Waals surface area contributed by atoms with E-state index in [9.17, 15) is 4.79 Å². The summed E-state index contributed by atoms with van der Waals surface area (Å²) in [5, 5.41) is 0. The van der Waals surface area contributed by atoms with Crippen LogP contribution in [0.4, 0.5) is 0 Å². The molecule has 0 bridgehead atoms. The minimum Gasteiger partial charge on any atom is -0.489 e. The average Bonchev–Trinajstić information content (AvgIpc) is 2.90. The third-order valence-electron chi connectivity index (χ3n) is 5.23. The molecule has 0 aromatic heterocycles. The number of hydrogen-bond donors (Lipinski definition) is 0. The molecule has 0 heterocycles. The molecule has 0 spiro atoms. The summed E-state index contributed by atoms with van der Waals surface area (Å²) in [4.78, 5) is 14.5. The Labute approximate surface area is 162 Å². The molecule has 0 aliphatic heterocycles. The molecule has 1 fully saturated rings. The molecular formula is C21H32ClNO3. The van der Waals surface area contributed by atoms with Crippen molar-refractivity contribution < 1.29 is 14.3 Å². The van der Waals surface area contributed by atoms with Crippen molar-refractivity contribution in [3.05, 3.63) is 29.3 Å². The molecule has 2 atom stereocenters. The zero-order valence-electron chi connectivity index (χ0n) is 16.7.